The van der Waals surface area contributed by atoms with Gasteiger partial charge in [-0.15, -0.1) is 0 Å². The SMILES string of the molecule is CNC(=O)c1cccc([C@@H]2CC(O)(c3ccc(C(F)(F)F)cc3)C[C@H](C)N2)c1. The Balaban J connectivity index is 1.89. The van der Waals surface area contributed by atoms with Crippen molar-refractivity contribution in [3.05, 3.63) is 70.8 Å². The molecule has 28 heavy (non-hydrogen) atoms. The smallest absolute Gasteiger partial charge is 0.385 e. The second kappa shape index (κ2) is 7.56. The van der Waals surface area contributed by atoms with Crippen molar-refractivity contribution >= 4 is 5.91 Å². The summed E-state index contributed by atoms with van der Waals surface area (Å²) >= 11 is 0. The van der Waals surface area contributed by atoms with E-state index in [0.717, 1.165) is 17.7 Å². The van der Waals surface area contributed by atoms with Crippen molar-refractivity contribution in [2.75, 3.05) is 7.05 Å². The number of carbonyl (C=O) groups excluding carboxylic acids is 1. The fourth-order valence-electron chi connectivity index (χ4n) is 3.85. The summed E-state index contributed by atoms with van der Waals surface area (Å²) in [5.41, 5.74) is -0.184. The summed E-state index contributed by atoms with van der Waals surface area (Å²) in [7, 11) is 1.55. The number of hydrogen-bond donors (Lipinski definition) is 3. The Labute approximate surface area is 161 Å². The molecule has 1 amide bonds. The molecule has 1 heterocycles. The maximum absolute atomic E-state index is 12.8. The van der Waals surface area contributed by atoms with Crippen molar-refractivity contribution in [1.29, 1.82) is 0 Å². The molecular formula is C21H23F3N2O2. The Morgan fingerprint density at radius 2 is 1.86 bits per heavy atom. The van der Waals surface area contributed by atoms with Gasteiger partial charge in [0.25, 0.3) is 5.91 Å². The van der Waals surface area contributed by atoms with Crippen LogP contribution in [0.3, 0.4) is 0 Å². The number of nitrogens with one attached hydrogen (secondary N) is 2. The normalized spacial score (nSPS) is 25.4. The van der Waals surface area contributed by atoms with Crippen LogP contribution in [0.4, 0.5) is 13.2 Å². The average Bonchev–Trinajstić information content (AvgIpc) is 2.66. The van der Waals surface area contributed by atoms with Crippen LogP contribution in [0.5, 0.6) is 0 Å². The number of benzene rings is 2. The lowest BCUT2D eigenvalue weighted by Crippen LogP contribution is -2.46. The molecule has 4 nitrogen and oxygen atoms in total. The quantitative estimate of drug-likeness (QED) is 0.745. The van der Waals surface area contributed by atoms with E-state index >= 15 is 0 Å². The molecule has 3 atom stereocenters. The molecule has 1 aliphatic heterocycles. The summed E-state index contributed by atoms with van der Waals surface area (Å²) in [4.78, 5) is 11.9. The standard InChI is InChI=1S/C21H23F3N2O2/c1-13-11-20(28,16-6-8-17(9-7-16)21(22,23)24)12-18(26-13)14-4-3-5-15(10-14)19(27)25-2/h3-10,13,18,26,28H,11-12H2,1-2H3,(H,25,27)/t13-,18-,20?/m0/s1. The number of piperidine rings is 1. The molecule has 1 saturated heterocycles. The van der Waals surface area contributed by atoms with E-state index in [-0.39, 0.29) is 18.0 Å². The van der Waals surface area contributed by atoms with E-state index < -0.39 is 17.3 Å². The molecule has 7 heteroatoms. The third-order valence-corrected chi connectivity index (χ3v) is 5.20. The van der Waals surface area contributed by atoms with Crippen molar-refractivity contribution in [3.8, 4) is 0 Å². The predicted octanol–water partition coefficient (Wildman–Crippen LogP) is 3.77. The fraction of sp³-hybridized carbons (Fsp3) is 0.381. The highest BCUT2D eigenvalue weighted by Gasteiger charge is 2.40. The monoisotopic (exact) mass is 392 g/mol. The number of alkyl halides is 3. The first-order valence-corrected chi connectivity index (χ1v) is 9.10. The molecule has 2 aromatic rings. The third kappa shape index (κ3) is 4.20. The van der Waals surface area contributed by atoms with Crippen LogP contribution >= 0.6 is 0 Å². The average molecular weight is 392 g/mol. The minimum Gasteiger partial charge on any atom is -0.385 e. The molecule has 0 saturated carbocycles. The van der Waals surface area contributed by atoms with Gasteiger partial charge < -0.3 is 15.7 Å². The van der Waals surface area contributed by atoms with Gasteiger partial charge in [-0.1, -0.05) is 24.3 Å². The number of aliphatic hydroxyl groups is 1. The van der Waals surface area contributed by atoms with Gasteiger partial charge in [-0.25, -0.2) is 0 Å². The Morgan fingerprint density at radius 1 is 1.18 bits per heavy atom. The molecule has 1 fully saturated rings. The van der Waals surface area contributed by atoms with Gasteiger partial charge >= 0.3 is 6.18 Å². The molecular weight excluding hydrogens is 369 g/mol. The van der Waals surface area contributed by atoms with Crippen LogP contribution in [0.1, 0.15) is 52.9 Å². The van der Waals surface area contributed by atoms with Gasteiger partial charge in [0.1, 0.15) is 0 Å². The molecule has 2 aromatic carbocycles. The van der Waals surface area contributed by atoms with Crippen LogP contribution in [0.25, 0.3) is 0 Å². The fourth-order valence-corrected chi connectivity index (χ4v) is 3.85. The second-order valence-electron chi connectivity index (χ2n) is 7.34. The van der Waals surface area contributed by atoms with Gasteiger partial charge in [0.15, 0.2) is 0 Å². The van der Waals surface area contributed by atoms with Gasteiger partial charge in [-0.2, -0.15) is 13.2 Å². The van der Waals surface area contributed by atoms with Crippen LogP contribution in [0.2, 0.25) is 0 Å². The Kier molecular flexibility index (Phi) is 5.50. The molecule has 0 bridgehead atoms. The summed E-state index contributed by atoms with van der Waals surface area (Å²) in [5.74, 6) is -0.205. The lowest BCUT2D eigenvalue weighted by atomic mass is 9.77. The van der Waals surface area contributed by atoms with E-state index in [2.05, 4.69) is 10.6 Å². The van der Waals surface area contributed by atoms with Gasteiger partial charge in [0, 0.05) is 24.7 Å². The van der Waals surface area contributed by atoms with Crippen molar-refractivity contribution in [1.82, 2.24) is 10.6 Å². The molecule has 0 spiro atoms. The molecule has 3 N–H and O–H groups in total. The first-order chi connectivity index (χ1) is 13.1. The zero-order chi connectivity index (χ0) is 20.5. The maximum Gasteiger partial charge on any atom is 0.416 e. The molecule has 0 aliphatic carbocycles. The summed E-state index contributed by atoms with van der Waals surface area (Å²) < 4.78 is 38.5. The zero-order valence-electron chi connectivity index (χ0n) is 15.7. The van der Waals surface area contributed by atoms with E-state index in [1.54, 1.807) is 25.2 Å². The van der Waals surface area contributed by atoms with Crippen LogP contribution in [0.15, 0.2) is 48.5 Å². The number of hydrogen-bond acceptors (Lipinski definition) is 3. The number of halogens is 3. The van der Waals surface area contributed by atoms with Crippen LogP contribution in [0, 0.1) is 0 Å². The summed E-state index contributed by atoms with van der Waals surface area (Å²) in [6, 6.07) is 11.5. The molecule has 3 rings (SSSR count). The topological polar surface area (TPSA) is 61.4 Å². The molecule has 1 aliphatic rings. The Bertz CT molecular complexity index is 851. The van der Waals surface area contributed by atoms with E-state index in [0.29, 0.717) is 24.0 Å². The number of rotatable bonds is 3. The number of carbonyl (C=O) groups is 1. The summed E-state index contributed by atoms with van der Waals surface area (Å²) in [5, 5.41) is 17.2. The van der Waals surface area contributed by atoms with Crippen molar-refractivity contribution in [3.63, 3.8) is 0 Å². The summed E-state index contributed by atoms with van der Waals surface area (Å²) in [6.07, 6.45) is -3.74. The summed E-state index contributed by atoms with van der Waals surface area (Å²) in [6.45, 7) is 1.92. The van der Waals surface area contributed by atoms with E-state index in [1.807, 2.05) is 13.0 Å². The minimum absolute atomic E-state index is 0.0605. The van der Waals surface area contributed by atoms with Gasteiger partial charge in [0.05, 0.1) is 11.2 Å². The largest absolute Gasteiger partial charge is 0.416 e. The van der Waals surface area contributed by atoms with E-state index in [4.69, 9.17) is 0 Å². The van der Waals surface area contributed by atoms with Crippen LogP contribution < -0.4 is 10.6 Å². The second-order valence-corrected chi connectivity index (χ2v) is 7.34. The van der Waals surface area contributed by atoms with Crippen molar-refractivity contribution in [2.24, 2.45) is 0 Å². The molecule has 0 radical (unpaired) electrons. The van der Waals surface area contributed by atoms with Crippen molar-refractivity contribution in [2.45, 2.75) is 43.6 Å². The van der Waals surface area contributed by atoms with E-state index in [1.165, 1.54) is 12.1 Å². The highest BCUT2D eigenvalue weighted by molar-refractivity contribution is 5.94. The number of amides is 1. The molecule has 1 unspecified atom stereocenters. The maximum atomic E-state index is 12.8. The Hall–Kier alpha value is -2.38. The highest BCUT2D eigenvalue weighted by atomic mass is 19.4. The first-order valence-electron chi connectivity index (χ1n) is 9.10. The zero-order valence-corrected chi connectivity index (χ0v) is 15.7. The molecule has 0 aromatic heterocycles. The lowest BCUT2D eigenvalue weighted by molar-refractivity contribution is -0.137. The Morgan fingerprint density at radius 3 is 2.46 bits per heavy atom. The highest BCUT2D eigenvalue weighted by Crippen LogP contribution is 2.41. The van der Waals surface area contributed by atoms with E-state index in [9.17, 15) is 23.1 Å². The predicted molar refractivity (Wildman–Crippen MR) is 99.7 cm³/mol. The van der Waals surface area contributed by atoms with Gasteiger partial charge in [-0.3, -0.25) is 4.79 Å². The first kappa shape index (κ1) is 20.4. The third-order valence-electron chi connectivity index (χ3n) is 5.20. The lowest BCUT2D eigenvalue weighted by Gasteiger charge is -2.41. The van der Waals surface area contributed by atoms with Crippen LogP contribution in [-0.4, -0.2) is 24.1 Å². The van der Waals surface area contributed by atoms with Crippen LogP contribution in [-0.2, 0) is 11.8 Å². The minimum atomic E-state index is -4.41. The van der Waals surface area contributed by atoms with Crippen molar-refractivity contribution < 1.29 is 23.1 Å². The van der Waals surface area contributed by atoms with Gasteiger partial charge in [-0.05, 0) is 55.2 Å². The molecule has 150 valence electrons. The van der Waals surface area contributed by atoms with Gasteiger partial charge in [0.2, 0.25) is 0 Å².